The minimum atomic E-state index is -0.263. The van der Waals surface area contributed by atoms with Gasteiger partial charge in [0.15, 0.2) is 0 Å². The van der Waals surface area contributed by atoms with Crippen molar-refractivity contribution in [3.63, 3.8) is 0 Å². The van der Waals surface area contributed by atoms with Crippen LogP contribution in [0.2, 0.25) is 0 Å². The van der Waals surface area contributed by atoms with Crippen molar-refractivity contribution in [2.24, 2.45) is 0 Å². The van der Waals surface area contributed by atoms with Gasteiger partial charge in [-0.05, 0) is 40.5 Å². The number of benzene rings is 2. The van der Waals surface area contributed by atoms with Crippen molar-refractivity contribution in [3.8, 4) is 6.07 Å². The van der Waals surface area contributed by atoms with Crippen LogP contribution in [0, 0.1) is 18.3 Å². The Hall–Kier alpha value is -2.16. The summed E-state index contributed by atoms with van der Waals surface area (Å²) in [4.78, 5) is 16.7. The van der Waals surface area contributed by atoms with E-state index in [9.17, 15) is 10.1 Å². The van der Waals surface area contributed by atoms with Gasteiger partial charge in [0.1, 0.15) is 6.04 Å². The van der Waals surface area contributed by atoms with E-state index < -0.39 is 0 Å². The van der Waals surface area contributed by atoms with E-state index in [1.807, 2.05) is 60.4 Å². The van der Waals surface area contributed by atoms with Gasteiger partial charge in [-0.15, -0.1) is 0 Å². The summed E-state index contributed by atoms with van der Waals surface area (Å²) in [5, 5.41) is 9.61. The fourth-order valence-corrected chi connectivity index (χ4v) is 3.56. The van der Waals surface area contributed by atoms with Gasteiger partial charge in [-0.3, -0.25) is 9.69 Å². The molecule has 1 saturated heterocycles. The maximum atomic E-state index is 12.7. The maximum absolute atomic E-state index is 12.7. The molecule has 128 valence electrons. The van der Waals surface area contributed by atoms with Gasteiger partial charge >= 0.3 is 0 Å². The summed E-state index contributed by atoms with van der Waals surface area (Å²) in [6, 6.07) is 17.7. The Morgan fingerprint density at radius 3 is 2.32 bits per heavy atom. The predicted molar refractivity (Wildman–Crippen MR) is 101 cm³/mol. The Kier molecular flexibility index (Phi) is 5.52. The van der Waals surface area contributed by atoms with Crippen molar-refractivity contribution < 1.29 is 4.79 Å². The molecule has 0 radical (unpaired) electrons. The average Bonchev–Trinajstić information content (AvgIpc) is 2.64. The van der Waals surface area contributed by atoms with Crippen molar-refractivity contribution in [1.29, 1.82) is 5.26 Å². The lowest BCUT2D eigenvalue weighted by molar-refractivity contribution is 0.0605. The summed E-state index contributed by atoms with van der Waals surface area (Å²) in [6.07, 6.45) is 0. The third-order valence-corrected chi connectivity index (χ3v) is 5.28. The molecular formula is C20H20BrN3O. The highest BCUT2D eigenvalue weighted by Gasteiger charge is 2.28. The molecule has 1 fully saturated rings. The molecule has 2 aromatic rings. The lowest BCUT2D eigenvalue weighted by Gasteiger charge is -2.37. The average molecular weight is 398 g/mol. The summed E-state index contributed by atoms with van der Waals surface area (Å²) >= 11 is 3.45. The van der Waals surface area contributed by atoms with E-state index in [2.05, 4.69) is 26.9 Å². The number of halogens is 1. The molecule has 25 heavy (non-hydrogen) atoms. The fourth-order valence-electron chi connectivity index (χ4n) is 3.10. The highest BCUT2D eigenvalue weighted by molar-refractivity contribution is 9.10. The minimum Gasteiger partial charge on any atom is -0.336 e. The minimum absolute atomic E-state index is 0.0379. The highest BCUT2D eigenvalue weighted by atomic mass is 79.9. The zero-order chi connectivity index (χ0) is 17.8. The Balaban J connectivity index is 1.67. The van der Waals surface area contributed by atoms with E-state index in [0.29, 0.717) is 31.7 Å². The van der Waals surface area contributed by atoms with Gasteiger partial charge in [0, 0.05) is 30.7 Å². The summed E-state index contributed by atoms with van der Waals surface area (Å²) in [5.41, 5.74) is 2.88. The lowest BCUT2D eigenvalue weighted by atomic mass is 10.0. The number of nitriles is 1. The molecule has 0 saturated carbocycles. The molecule has 4 nitrogen and oxygen atoms in total. The Bertz CT molecular complexity index is 789. The predicted octanol–water partition coefficient (Wildman–Crippen LogP) is 3.78. The number of piperazine rings is 1. The number of carbonyl (C=O) groups excluding carboxylic acids is 1. The van der Waals surface area contributed by atoms with Gasteiger partial charge < -0.3 is 4.90 Å². The number of aryl methyl sites for hydroxylation is 1. The van der Waals surface area contributed by atoms with Crippen molar-refractivity contribution in [1.82, 2.24) is 9.80 Å². The quantitative estimate of drug-likeness (QED) is 0.791. The second-order valence-electron chi connectivity index (χ2n) is 6.25. The van der Waals surface area contributed by atoms with Crippen LogP contribution in [0.25, 0.3) is 0 Å². The van der Waals surface area contributed by atoms with Gasteiger partial charge in [-0.1, -0.05) is 42.0 Å². The first-order chi connectivity index (χ1) is 12.1. The zero-order valence-corrected chi connectivity index (χ0v) is 15.7. The van der Waals surface area contributed by atoms with E-state index in [1.165, 1.54) is 5.56 Å². The Morgan fingerprint density at radius 2 is 1.72 bits per heavy atom. The first-order valence-electron chi connectivity index (χ1n) is 8.34. The summed E-state index contributed by atoms with van der Waals surface area (Å²) in [5.74, 6) is 0.0379. The smallest absolute Gasteiger partial charge is 0.255 e. The third-order valence-electron chi connectivity index (χ3n) is 4.59. The third kappa shape index (κ3) is 3.92. The molecule has 1 unspecified atom stereocenters. The molecule has 3 rings (SSSR count). The van der Waals surface area contributed by atoms with Crippen LogP contribution in [0.15, 0.2) is 53.0 Å². The maximum Gasteiger partial charge on any atom is 0.255 e. The van der Waals surface area contributed by atoms with Crippen molar-refractivity contribution >= 4 is 21.8 Å². The number of rotatable bonds is 3. The van der Waals surface area contributed by atoms with Crippen LogP contribution in [0.3, 0.4) is 0 Å². The van der Waals surface area contributed by atoms with Gasteiger partial charge in [-0.2, -0.15) is 5.26 Å². The molecule has 0 spiro atoms. The molecular weight excluding hydrogens is 378 g/mol. The number of carbonyl (C=O) groups is 1. The second-order valence-corrected chi connectivity index (χ2v) is 7.10. The van der Waals surface area contributed by atoms with Crippen molar-refractivity contribution in [3.05, 3.63) is 69.7 Å². The van der Waals surface area contributed by atoms with Crippen LogP contribution in [-0.2, 0) is 0 Å². The molecule has 0 aliphatic carbocycles. The zero-order valence-electron chi connectivity index (χ0n) is 14.2. The van der Waals surface area contributed by atoms with Gasteiger partial charge in [-0.25, -0.2) is 0 Å². The number of hydrogen-bond donors (Lipinski definition) is 0. The van der Waals surface area contributed by atoms with E-state index in [1.54, 1.807) is 0 Å². The van der Waals surface area contributed by atoms with Gasteiger partial charge in [0.25, 0.3) is 5.91 Å². The molecule has 0 aromatic heterocycles. The standard InChI is InChI=1S/C20H20BrN3O/c1-15-6-8-16(9-7-15)19(14-22)23-10-12-24(13-11-23)20(25)17-4-2-3-5-18(17)21/h2-9,19H,10-13H2,1H3. The molecule has 0 bridgehead atoms. The van der Waals surface area contributed by atoms with Crippen LogP contribution in [0.4, 0.5) is 0 Å². The largest absolute Gasteiger partial charge is 0.336 e. The highest BCUT2D eigenvalue weighted by Crippen LogP contribution is 2.23. The number of hydrogen-bond acceptors (Lipinski definition) is 3. The monoisotopic (exact) mass is 397 g/mol. The normalized spacial score (nSPS) is 16.3. The van der Waals surface area contributed by atoms with Crippen LogP contribution in [0.5, 0.6) is 0 Å². The molecule has 1 aliphatic heterocycles. The van der Waals surface area contributed by atoms with Crippen molar-refractivity contribution in [2.45, 2.75) is 13.0 Å². The van der Waals surface area contributed by atoms with Crippen molar-refractivity contribution in [2.75, 3.05) is 26.2 Å². The van der Waals surface area contributed by atoms with E-state index in [4.69, 9.17) is 0 Å². The van der Waals surface area contributed by atoms with E-state index in [-0.39, 0.29) is 11.9 Å². The summed E-state index contributed by atoms with van der Waals surface area (Å²) in [7, 11) is 0. The molecule has 1 aliphatic rings. The first kappa shape index (κ1) is 17.7. The summed E-state index contributed by atoms with van der Waals surface area (Å²) < 4.78 is 0.817. The van der Waals surface area contributed by atoms with Crippen LogP contribution >= 0.6 is 15.9 Å². The molecule has 1 atom stereocenters. The first-order valence-corrected chi connectivity index (χ1v) is 9.13. The number of amides is 1. The molecule has 0 N–H and O–H groups in total. The second kappa shape index (κ2) is 7.81. The topological polar surface area (TPSA) is 47.3 Å². The Morgan fingerprint density at radius 1 is 1.08 bits per heavy atom. The molecule has 5 heteroatoms. The van der Waals surface area contributed by atoms with Crippen LogP contribution < -0.4 is 0 Å². The molecule has 2 aromatic carbocycles. The van der Waals surface area contributed by atoms with Gasteiger partial charge in [0.2, 0.25) is 0 Å². The van der Waals surface area contributed by atoms with E-state index >= 15 is 0 Å². The molecule has 1 amide bonds. The fraction of sp³-hybridized carbons (Fsp3) is 0.300. The SMILES string of the molecule is Cc1ccc(C(C#N)N2CCN(C(=O)c3ccccc3Br)CC2)cc1. The van der Waals surface area contributed by atoms with Crippen LogP contribution in [-0.4, -0.2) is 41.9 Å². The van der Waals surface area contributed by atoms with Crippen LogP contribution in [0.1, 0.15) is 27.5 Å². The molecule has 1 heterocycles. The lowest BCUT2D eigenvalue weighted by Crippen LogP contribution is -2.49. The summed E-state index contributed by atoms with van der Waals surface area (Å²) in [6.45, 7) is 4.69. The Labute approximate surface area is 156 Å². The number of nitrogens with zero attached hydrogens (tertiary/aromatic N) is 3. The van der Waals surface area contributed by atoms with E-state index in [0.717, 1.165) is 10.0 Å². The van der Waals surface area contributed by atoms with Gasteiger partial charge in [0.05, 0.1) is 11.6 Å².